The van der Waals surface area contributed by atoms with E-state index in [1.807, 2.05) is 12.3 Å². The molecule has 0 unspecified atom stereocenters. The van der Waals surface area contributed by atoms with Crippen LogP contribution < -0.4 is 16.0 Å². The van der Waals surface area contributed by atoms with Crippen LogP contribution in [-0.2, 0) is 4.74 Å². The highest BCUT2D eigenvalue weighted by Gasteiger charge is 2.19. The lowest BCUT2D eigenvalue weighted by Crippen LogP contribution is -2.36. The highest BCUT2D eigenvalue weighted by atomic mass is 16.5. The fraction of sp³-hybridized carbons (Fsp3) is 0.417. The van der Waals surface area contributed by atoms with E-state index in [0.29, 0.717) is 6.04 Å². The summed E-state index contributed by atoms with van der Waals surface area (Å²) < 4.78 is 7.67. The summed E-state index contributed by atoms with van der Waals surface area (Å²) in [6.07, 6.45) is 6.31. The molecule has 3 aromatic rings. The average molecular weight is 419 g/mol. The van der Waals surface area contributed by atoms with Gasteiger partial charge in [-0.25, -0.2) is 4.98 Å². The smallest absolute Gasteiger partial charge is 0.130 e. The lowest BCUT2D eigenvalue weighted by molar-refractivity contribution is 0.122. The van der Waals surface area contributed by atoms with Crippen molar-refractivity contribution >= 4 is 11.5 Å². The number of rotatable bonds is 4. The van der Waals surface area contributed by atoms with Gasteiger partial charge in [-0.3, -0.25) is 4.68 Å². The number of benzene rings is 1. The van der Waals surface area contributed by atoms with E-state index in [2.05, 4.69) is 57.4 Å². The van der Waals surface area contributed by atoms with Gasteiger partial charge in [0.15, 0.2) is 0 Å². The molecule has 162 valence electrons. The standard InChI is InChI=1S/C24H30N6O/c1-17-2-3-20(25)14-22(17)18-12-23(28-24(13-18)29-8-10-31-11-9-29)19-15-27-30(16-19)21-4-6-26-7-5-21/h2-3,12-16,21,26H,4-11,25H2,1H3. The van der Waals surface area contributed by atoms with Gasteiger partial charge in [-0.2, -0.15) is 5.10 Å². The number of anilines is 2. The molecular formula is C24H30N6O. The van der Waals surface area contributed by atoms with Gasteiger partial charge in [-0.1, -0.05) is 6.07 Å². The second kappa shape index (κ2) is 8.69. The summed E-state index contributed by atoms with van der Waals surface area (Å²) in [6, 6.07) is 10.9. The van der Waals surface area contributed by atoms with Crippen molar-refractivity contribution in [2.45, 2.75) is 25.8 Å². The fourth-order valence-electron chi connectivity index (χ4n) is 4.47. The number of morpholine rings is 1. The number of pyridine rings is 1. The van der Waals surface area contributed by atoms with E-state index in [0.717, 1.165) is 86.1 Å². The molecule has 3 N–H and O–H groups in total. The van der Waals surface area contributed by atoms with Crippen LogP contribution in [0.15, 0.2) is 42.7 Å². The summed E-state index contributed by atoms with van der Waals surface area (Å²) in [7, 11) is 0. The van der Waals surface area contributed by atoms with E-state index in [1.54, 1.807) is 0 Å². The Bertz CT molecular complexity index is 1050. The van der Waals surface area contributed by atoms with E-state index >= 15 is 0 Å². The van der Waals surface area contributed by atoms with Crippen molar-refractivity contribution in [3.63, 3.8) is 0 Å². The van der Waals surface area contributed by atoms with Gasteiger partial charge in [-0.05, 0) is 73.8 Å². The lowest BCUT2D eigenvalue weighted by atomic mass is 9.99. The molecule has 31 heavy (non-hydrogen) atoms. The molecule has 7 nitrogen and oxygen atoms in total. The van der Waals surface area contributed by atoms with Crippen molar-refractivity contribution in [1.82, 2.24) is 20.1 Å². The molecule has 2 fully saturated rings. The Morgan fingerprint density at radius 1 is 1.06 bits per heavy atom. The number of nitrogens with two attached hydrogens (primary N) is 1. The number of ether oxygens (including phenoxy) is 1. The number of piperidine rings is 1. The Morgan fingerprint density at radius 3 is 2.68 bits per heavy atom. The molecule has 1 aromatic carbocycles. The second-order valence-corrected chi connectivity index (χ2v) is 8.46. The zero-order chi connectivity index (χ0) is 21.2. The molecule has 2 saturated heterocycles. The number of aryl methyl sites for hydroxylation is 1. The van der Waals surface area contributed by atoms with Gasteiger partial charge in [0.2, 0.25) is 0 Å². The van der Waals surface area contributed by atoms with Gasteiger partial charge in [0.25, 0.3) is 0 Å². The van der Waals surface area contributed by atoms with E-state index < -0.39 is 0 Å². The van der Waals surface area contributed by atoms with Crippen molar-refractivity contribution in [3.05, 3.63) is 48.3 Å². The third kappa shape index (κ3) is 4.29. The number of hydrogen-bond donors (Lipinski definition) is 2. The summed E-state index contributed by atoms with van der Waals surface area (Å²) in [5.74, 6) is 0.979. The van der Waals surface area contributed by atoms with E-state index in [-0.39, 0.29) is 0 Å². The first-order chi connectivity index (χ1) is 15.2. The van der Waals surface area contributed by atoms with Crippen LogP contribution in [0.5, 0.6) is 0 Å². The predicted molar refractivity (Wildman–Crippen MR) is 124 cm³/mol. The topological polar surface area (TPSA) is 81.2 Å². The predicted octanol–water partition coefficient (Wildman–Crippen LogP) is 3.26. The molecule has 0 atom stereocenters. The molecule has 2 aromatic heterocycles. The van der Waals surface area contributed by atoms with Crippen LogP contribution in [0.2, 0.25) is 0 Å². The molecule has 5 rings (SSSR count). The van der Waals surface area contributed by atoms with Gasteiger partial charge < -0.3 is 20.7 Å². The van der Waals surface area contributed by atoms with Gasteiger partial charge in [0.1, 0.15) is 5.82 Å². The molecule has 2 aliphatic rings. The summed E-state index contributed by atoms with van der Waals surface area (Å²) in [5, 5.41) is 8.11. The molecule has 0 radical (unpaired) electrons. The van der Waals surface area contributed by atoms with Crippen molar-refractivity contribution in [2.24, 2.45) is 0 Å². The minimum absolute atomic E-state index is 0.452. The van der Waals surface area contributed by atoms with E-state index in [1.165, 1.54) is 5.56 Å². The van der Waals surface area contributed by atoms with Gasteiger partial charge in [0, 0.05) is 30.5 Å². The molecule has 0 bridgehead atoms. The maximum atomic E-state index is 6.12. The zero-order valence-electron chi connectivity index (χ0n) is 18.1. The largest absolute Gasteiger partial charge is 0.399 e. The molecule has 2 aliphatic heterocycles. The highest BCUT2D eigenvalue weighted by Crippen LogP contribution is 2.33. The number of nitrogen functional groups attached to an aromatic ring is 1. The molecule has 0 spiro atoms. The monoisotopic (exact) mass is 418 g/mol. The Morgan fingerprint density at radius 2 is 1.87 bits per heavy atom. The third-order valence-electron chi connectivity index (χ3n) is 6.30. The maximum Gasteiger partial charge on any atom is 0.130 e. The first-order valence-corrected chi connectivity index (χ1v) is 11.1. The van der Waals surface area contributed by atoms with Crippen molar-refractivity contribution in [1.29, 1.82) is 0 Å². The summed E-state index contributed by atoms with van der Waals surface area (Å²) in [5.41, 5.74) is 12.4. The first kappa shape index (κ1) is 20.0. The van der Waals surface area contributed by atoms with Gasteiger partial charge >= 0.3 is 0 Å². The number of nitrogens with zero attached hydrogens (tertiary/aromatic N) is 4. The number of nitrogens with one attached hydrogen (secondary N) is 1. The minimum atomic E-state index is 0.452. The first-order valence-electron chi connectivity index (χ1n) is 11.1. The lowest BCUT2D eigenvalue weighted by Gasteiger charge is -2.28. The second-order valence-electron chi connectivity index (χ2n) is 8.46. The molecular weight excluding hydrogens is 388 g/mol. The summed E-state index contributed by atoms with van der Waals surface area (Å²) >= 11 is 0. The maximum absolute atomic E-state index is 6.12. The average Bonchev–Trinajstić information content (AvgIpc) is 3.32. The van der Waals surface area contributed by atoms with Crippen molar-refractivity contribution in [3.8, 4) is 22.4 Å². The number of hydrogen-bond acceptors (Lipinski definition) is 6. The zero-order valence-corrected chi connectivity index (χ0v) is 18.1. The molecule has 0 amide bonds. The van der Waals surface area contributed by atoms with Crippen LogP contribution >= 0.6 is 0 Å². The van der Waals surface area contributed by atoms with Gasteiger partial charge in [-0.15, -0.1) is 0 Å². The molecule has 4 heterocycles. The summed E-state index contributed by atoms with van der Waals surface area (Å²) in [4.78, 5) is 7.34. The molecule has 0 aliphatic carbocycles. The molecule has 0 saturated carbocycles. The number of aromatic nitrogens is 3. The Kier molecular flexibility index (Phi) is 5.61. The SMILES string of the molecule is Cc1ccc(N)cc1-c1cc(-c2cnn(C3CCNCC3)c2)nc(N2CCOCC2)c1. The van der Waals surface area contributed by atoms with Crippen molar-refractivity contribution in [2.75, 3.05) is 50.0 Å². The Balaban J connectivity index is 1.56. The minimum Gasteiger partial charge on any atom is -0.399 e. The highest BCUT2D eigenvalue weighted by molar-refractivity contribution is 5.77. The van der Waals surface area contributed by atoms with Crippen LogP contribution in [0.4, 0.5) is 11.5 Å². The quantitative estimate of drug-likeness (QED) is 0.633. The fourth-order valence-corrected chi connectivity index (χ4v) is 4.47. The van der Waals surface area contributed by atoms with Gasteiger partial charge in [0.05, 0.1) is 31.1 Å². The van der Waals surface area contributed by atoms with Crippen molar-refractivity contribution < 1.29 is 4.74 Å². The molecule has 7 heteroatoms. The summed E-state index contributed by atoms with van der Waals surface area (Å²) in [6.45, 7) is 7.37. The van der Waals surface area contributed by atoms with E-state index in [9.17, 15) is 0 Å². The van der Waals surface area contributed by atoms with Crippen LogP contribution in [0, 0.1) is 6.92 Å². The normalized spacial score (nSPS) is 17.8. The third-order valence-corrected chi connectivity index (χ3v) is 6.30. The van der Waals surface area contributed by atoms with E-state index in [4.69, 9.17) is 15.5 Å². The van der Waals surface area contributed by atoms with Crippen LogP contribution in [0.25, 0.3) is 22.4 Å². The Labute approximate surface area is 183 Å². The Hall–Kier alpha value is -2.90. The van der Waals surface area contributed by atoms with Crippen LogP contribution in [-0.4, -0.2) is 54.2 Å². The van der Waals surface area contributed by atoms with Crippen LogP contribution in [0.1, 0.15) is 24.4 Å². The van der Waals surface area contributed by atoms with Crippen LogP contribution in [0.3, 0.4) is 0 Å².